The van der Waals surface area contributed by atoms with Gasteiger partial charge in [-0.05, 0) is 18.5 Å². The Hall–Kier alpha value is -0.240. The van der Waals surface area contributed by atoms with Crippen molar-refractivity contribution in [3.63, 3.8) is 0 Å². The van der Waals surface area contributed by atoms with Gasteiger partial charge in [-0.3, -0.25) is 4.90 Å². The standard InChI is InChI=1S/C12H18ClN.ClH/c1-2-9-14(10-8-13)11-12-6-4-3-5-7-12;/h3-7H,2,8-11H2,1H3;1H. The summed E-state index contributed by atoms with van der Waals surface area (Å²) in [4.78, 5) is 2.39. The molecule has 0 unspecified atom stereocenters. The highest BCUT2D eigenvalue weighted by Crippen LogP contribution is 2.04. The van der Waals surface area contributed by atoms with Crippen molar-refractivity contribution in [1.29, 1.82) is 0 Å². The summed E-state index contributed by atoms with van der Waals surface area (Å²) in [6, 6.07) is 10.5. The van der Waals surface area contributed by atoms with Crippen molar-refractivity contribution in [3.8, 4) is 0 Å². The second-order valence-corrected chi connectivity index (χ2v) is 3.83. The van der Waals surface area contributed by atoms with Crippen molar-refractivity contribution in [3.05, 3.63) is 35.9 Å². The smallest absolute Gasteiger partial charge is 0.0351 e. The van der Waals surface area contributed by atoms with Crippen LogP contribution < -0.4 is 0 Å². The molecule has 1 aromatic carbocycles. The molecular weight excluding hydrogens is 229 g/mol. The summed E-state index contributed by atoms with van der Waals surface area (Å²) in [5, 5.41) is 0. The molecule has 0 aliphatic carbocycles. The lowest BCUT2D eigenvalue weighted by Crippen LogP contribution is -2.26. The van der Waals surface area contributed by atoms with E-state index in [1.54, 1.807) is 0 Å². The number of benzene rings is 1. The van der Waals surface area contributed by atoms with Crippen LogP contribution in [0.3, 0.4) is 0 Å². The van der Waals surface area contributed by atoms with Crippen LogP contribution in [-0.2, 0) is 6.54 Å². The lowest BCUT2D eigenvalue weighted by atomic mass is 10.2. The van der Waals surface area contributed by atoms with Gasteiger partial charge in [-0.25, -0.2) is 0 Å². The minimum Gasteiger partial charge on any atom is -0.298 e. The molecule has 0 saturated heterocycles. The van der Waals surface area contributed by atoms with Gasteiger partial charge in [0.05, 0.1) is 0 Å². The summed E-state index contributed by atoms with van der Waals surface area (Å²) >= 11 is 5.76. The predicted molar refractivity (Wildman–Crippen MR) is 70.0 cm³/mol. The van der Waals surface area contributed by atoms with E-state index in [2.05, 4.69) is 42.2 Å². The lowest BCUT2D eigenvalue weighted by molar-refractivity contribution is 0.282. The van der Waals surface area contributed by atoms with E-state index in [4.69, 9.17) is 11.6 Å². The van der Waals surface area contributed by atoms with Gasteiger partial charge < -0.3 is 0 Å². The summed E-state index contributed by atoms with van der Waals surface area (Å²) in [5.41, 5.74) is 1.37. The third kappa shape index (κ3) is 6.03. The van der Waals surface area contributed by atoms with Crippen molar-refractivity contribution in [2.75, 3.05) is 19.0 Å². The van der Waals surface area contributed by atoms with E-state index in [-0.39, 0.29) is 12.4 Å². The van der Waals surface area contributed by atoms with Crippen LogP contribution in [0.5, 0.6) is 0 Å². The molecule has 0 aliphatic heterocycles. The summed E-state index contributed by atoms with van der Waals surface area (Å²) in [7, 11) is 0. The Morgan fingerprint density at radius 2 is 1.80 bits per heavy atom. The minimum atomic E-state index is 0. The second-order valence-electron chi connectivity index (χ2n) is 3.45. The number of halogens is 2. The van der Waals surface area contributed by atoms with Gasteiger partial charge in [-0.2, -0.15) is 0 Å². The van der Waals surface area contributed by atoms with Gasteiger partial charge in [0.2, 0.25) is 0 Å². The van der Waals surface area contributed by atoms with Gasteiger partial charge in [0.15, 0.2) is 0 Å². The third-order valence-electron chi connectivity index (χ3n) is 2.19. The Bertz CT molecular complexity index is 233. The van der Waals surface area contributed by atoms with E-state index >= 15 is 0 Å². The van der Waals surface area contributed by atoms with Crippen molar-refractivity contribution in [2.24, 2.45) is 0 Å². The van der Waals surface area contributed by atoms with Crippen LogP contribution in [0.2, 0.25) is 0 Å². The van der Waals surface area contributed by atoms with Gasteiger partial charge in [0.25, 0.3) is 0 Å². The summed E-state index contributed by atoms with van der Waals surface area (Å²) < 4.78 is 0. The Labute approximate surface area is 104 Å². The van der Waals surface area contributed by atoms with E-state index in [0.717, 1.165) is 19.6 Å². The third-order valence-corrected chi connectivity index (χ3v) is 2.36. The van der Waals surface area contributed by atoms with E-state index in [9.17, 15) is 0 Å². The fraction of sp³-hybridized carbons (Fsp3) is 0.500. The highest BCUT2D eigenvalue weighted by Gasteiger charge is 2.02. The Morgan fingerprint density at radius 3 is 2.33 bits per heavy atom. The van der Waals surface area contributed by atoms with Gasteiger partial charge in [-0.1, -0.05) is 37.3 Å². The summed E-state index contributed by atoms with van der Waals surface area (Å²) in [6.45, 7) is 5.32. The van der Waals surface area contributed by atoms with E-state index in [0.29, 0.717) is 5.88 Å². The monoisotopic (exact) mass is 247 g/mol. The minimum absolute atomic E-state index is 0. The van der Waals surface area contributed by atoms with Crippen LogP contribution >= 0.6 is 24.0 Å². The molecule has 0 N–H and O–H groups in total. The molecule has 1 aromatic rings. The topological polar surface area (TPSA) is 3.24 Å². The second kappa shape index (κ2) is 9.02. The molecule has 1 nitrogen and oxygen atoms in total. The SMILES string of the molecule is CCCN(CCCl)Cc1ccccc1.Cl. The van der Waals surface area contributed by atoms with Gasteiger partial charge >= 0.3 is 0 Å². The number of rotatable bonds is 6. The molecule has 15 heavy (non-hydrogen) atoms. The van der Waals surface area contributed by atoms with Crippen LogP contribution in [0.4, 0.5) is 0 Å². The first kappa shape index (κ1) is 14.8. The molecule has 0 atom stereocenters. The maximum Gasteiger partial charge on any atom is 0.0351 e. The summed E-state index contributed by atoms with van der Waals surface area (Å²) in [6.07, 6.45) is 1.18. The average molecular weight is 248 g/mol. The van der Waals surface area contributed by atoms with Crippen LogP contribution in [0.25, 0.3) is 0 Å². The van der Waals surface area contributed by atoms with Crippen molar-refractivity contribution < 1.29 is 0 Å². The molecule has 0 heterocycles. The van der Waals surface area contributed by atoms with Crippen LogP contribution in [0, 0.1) is 0 Å². The molecule has 86 valence electrons. The summed E-state index contributed by atoms with van der Waals surface area (Å²) in [5.74, 6) is 0.715. The lowest BCUT2D eigenvalue weighted by Gasteiger charge is -2.20. The number of alkyl halides is 1. The zero-order valence-electron chi connectivity index (χ0n) is 9.16. The van der Waals surface area contributed by atoms with Crippen LogP contribution in [0.15, 0.2) is 30.3 Å². The molecule has 0 aromatic heterocycles. The van der Waals surface area contributed by atoms with Gasteiger partial charge in [0.1, 0.15) is 0 Å². The van der Waals surface area contributed by atoms with Crippen molar-refractivity contribution in [2.45, 2.75) is 19.9 Å². The molecule has 0 spiro atoms. The molecule has 0 radical (unpaired) electrons. The largest absolute Gasteiger partial charge is 0.298 e. The van der Waals surface area contributed by atoms with Crippen molar-refractivity contribution >= 4 is 24.0 Å². The predicted octanol–water partition coefficient (Wildman–Crippen LogP) is 3.56. The Morgan fingerprint density at radius 1 is 1.13 bits per heavy atom. The van der Waals surface area contributed by atoms with E-state index in [1.165, 1.54) is 12.0 Å². The Balaban J connectivity index is 0.00000196. The van der Waals surface area contributed by atoms with Crippen molar-refractivity contribution in [1.82, 2.24) is 4.90 Å². The molecule has 0 saturated carbocycles. The number of hydrogen-bond acceptors (Lipinski definition) is 1. The molecule has 0 fully saturated rings. The van der Waals surface area contributed by atoms with Gasteiger partial charge in [0, 0.05) is 19.0 Å². The molecule has 0 aliphatic rings. The fourth-order valence-corrected chi connectivity index (χ4v) is 1.79. The molecule has 3 heteroatoms. The number of nitrogens with zero attached hydrogens (tertiary/aromatic N) is 1. The highest BCUT2D eigenvalue weighted by molar-refractivity contribution is 6.18. The zero-order chi connectivity index (χ0) is 10.2. The number of hydrogen-bond donors (Lipinski definition) is 0. The molecule has 0 amide bonds. The maximum atomic E-state index is 5.76. The first-order valence-electron chi connectivity index (χ1n) is 5.19. The van der Waals surface area contributed by atoms with Crippen LogP contribution in [0.1, 0.15) is 18.9 Å². The van der Waals surface area contributed by atoms with Gasteiger partial charge in [-0.15, -0.1) is 24.0 Å². The Kier molecular flexibility index (Phi) is 8.88. The average Bonchev–Trinajstić information content (AvgIpc) is 2.20. The zero-order valence-corrected chi connectivity index (χ0v) is 10.7. The fourth-order valence-electron chi connectivity index (χ4n) is 1.55. The first-order valence-corrected chi connectivity index (χ1v) is 5.72. The quantitative estimate of drug-likeness (QED) is 0.696. The normalized spacial score (nSPS) is 10.1. The van der Waals surface area contributed by atoms with E-state index < -0.39 is 0 Å². The molecule has 0 bridgehead atoms. The maximum absolute atomic E-state index is 5.76. The van der Waals surface area contributed by atoms with E-state index in [1.807, 2.05) is 0 Å². The highest BCUT2D eigenvalue weighted by atomic mass is 35.5. The van der Waals surface area contributed by atoms with Crippen LogP contribution in [-0.4, -0.2) is 23.9 Å². The molecule has 1 rings (SSSR count). The first-order chi connectivity index (χ1) is 6.86. The molecular formula is C12H19Cl2N.